The molecule has 2 N–H and O–H groups in total. The molecule has 16 heteroatoms. The molecule has 2 saturated heterocycles. The van der Waals surface area contributed by atoms with E-state index in [9.17, 15) is 31.5 Å². The predicted octanol–water partition coefficient (Wildman–Crippen LogP) is 3.39. The number of nitrogens with zero attached hydrogens (tertiary/aromatic N) is 4. The molecule has 2 fully saturated rings. The molecule has 3 heterocycles. The molecule has 1 aromatic heterocycles. The molecule has 3 aromatic carbocycles. The number of amides is 2. The Morgan fingerprint density at radius 3 is 2.27 bits per heavy atom. The van der Waals surface area contributed by atoms with Crippen molar-refractivity contribution in [3.8, 4) is 0 Å². The highest BCUT2D eigenvalue weighted by Crippen LogP contribution is 2.36. The number of fused-ring (bicyclic) bond motifs is 1. The van der Waals surface area contributed by atoms with Gasteiger partial charge >= 0.3 is 12.1 Å². The second-order valence-corrected chi connectivity index (χ2v) is 13.1. The number of halogens is 5. The number of carbonyl (C=O) groups excluding carboxylic acids is 2. The molecule has 0 atom stereocenters. The van der Waals surface area contributed by atoms with Gasteiger partial charge in [-0.3, -0.25) is 14.7 Å². The van der Waals surface area contributed by atoms with Crippen molar-refractivity contribution in [2.45, 2.75) is 30.3 Å². The fourth-order valence-corrected chi connectivity index (χ4v) is 6.48. The number of aromatic amines is 1. The van der Waals surface area contributed by atoms with Crippen LogP contribution in [0.5, 0.6) is 0 Å². The minimum atomic E-state index is -5.19. The van der Waals surface area contributed by atoms with Gasteiger partial charge in [0.1, 0.15) is 27.3 Å². The largest absolute Gasteiger partial charge is 0.471 e. The van der Waals surface area contributed by atoms with Crippen LogP contribution in [0.15, 0.2) is 54.6 Å². The second kappa shape index (κ2) is 13.5. The van der Waals surface area contributed by atoms with Gasteiger partial charge in [0.2, 0.25) is 0 Å². The summed E-state index contributed by atoms with van der Waals surface area (Å²) in [6.45, 7) is 3.06. The van der Waals surface area contributed by atoms with Crippen LogP contribution in [0.25, 0.3) is 10.9 Å². The Balaban J connectivity index is 1.39. The fraction of sp³-hybridized carbons (Fsp3) is 0.364. The maximum absolute atomic E-state index is 14.2. The van der Waals surface area contributed by atoms with Gasteiger partial charge in [-0.1, -0.05) is 11.6 Å². The normalized spacial score (nSPS) is 16.6. The van der Waals surface area contributed by atoms with Crippen molar-refractivity contribution in [2.75, 3.05) is 61.6 Å². The Bertz CT molecular complexity index is 1850. The number of benzene rings is 3. The maximum atomic E-state index is 14.2. The monoisotopic (exact) mass is 680 g/mol. The SMILES string of the molecule is BC(B)(c1cc(F)cc(F)c1)c1ccc2[nH]nc(NC(=O)c3ccc(N4CCN(C)CC4)cc3N(C(=O)C(F)(F)F)C3CCOCC3)c2c1. The number of alkyl halides is 3. The van der Waals surface area contributed by atoms with E-state index in [4.69, 9.17) is 4.74 Å². The summed E-state index contributed by atoms with van der Waals surface area (Å²) in [4.78, 5) is 32.0. The number of anilines is 3. The van der Waals surface area contributed by atoms with Gasteiger partial charge in [-0.05, 0) is 73.1 Å². The summed E-state index contributed by atoms with van der Waals surface area (Å²) < 4.78 is 76.1. The Hall–Kier alpha value is -4.43. The highest BCUT2D eigenvalue weighted by atomic mass is 19.4. The number of nitrogens with one attached hydrogen (secondary N) is 2. The van der Waals surface area contributed by atoms with Crippen molar-refractivity contribution in [1.29, 1.82) is 0 Å². The molecule has 2 aliphatic heterocycles. The first-order valence-electron chi connectivity index (χ1n) is 16.0. The summed E-state index contributed by atoms with van der Waals surface area (Å²) in [7, 11) is 5.59. The Kier molecular flexibility index (Phi) is 9.46. The molecule has 0 aliphatic carbocycles. The molecular weight excluding hydrogens is 645 g/mol. The Morgan fingerprint density at radius 2 is 1.61 bits per heavy atom. The molecule has 0 bridgehead atoms. The van der Waals surface area contributed by atoms with Crippen LogP contribution >= 0.6 is 0 Å². The topological polar surface area (TPSA) is 93.8 Å². The third kappa shape index (κ3) is 7.16. The van der Waals surface area contributed by atoms with Gasteiger partial charge in [-0.15, -0.1) is 0 Å². The quantitative estimate of drug-likeness (QED) is 0.230. The number of rotatable bonds is 7. The number of H-pyrrole nitrogens is 1. The van der Waals surface area contributed by atoms with Crippen molar-refractivity contribution in [3.05, 3.63) is 82.9 Å². The first-order chi connectivity index (χ1) is 23.2. The van der Waals surface area contributed by atoms with Crippen molar-refractivity contribution in [2.24, 2.45) is 0 Å². The van der Waals surface area contributed by atoms with Crippen LogP contribution in [0.2, 0.25) is 0 Å². The molecule has 49 heavy (non-hydrogen) atoms. The highest BCUT2D eigenvalue weighted by Gasteiger charge is 2.46. The zero-order valence-electron chi connectivity index (χ0n) is 27.3. The zero-order valence-corrected chi connectivity index (χ0v) is 27.3. The number of hydrogen-bond donors (Lipinski definition) is 2. The molecular formula is C33H35B2F5N6O3. The molecule has 2 amide bonds. The van der Waals surface area contributed by atoms with Gasteiger partial charge in [-0.25, -0.2) is 8.78 Å². The number of aromatic nitrogens is 2. The highest BCUT2D eigenvalue weighted by molar-refractivity contribution is 6.42. The minimum absolute atomic E-state index is 0.0944. The minimum Gasteiger partial charge on any atom is -0.381 e. The summed E-state index contributed by atoms with van der Waals surface area (Å²) in [5, 5.41) is 9.44. The molecule has 256 valence electrons. The van der Waals surface area contributed by atoms with E-state index in [0.717, 1.165) is 19.2 Å². The Morgan fingerprint density at radius 1 is 0.939 bits per heavy atom. The van der Waals surface area contributed by atoms with Gasteiger partial charge < -0.3 is 24.8 Å². The number of ether oxygens (including phenoxy) is 1. The van der Waals surface area contributed by atoms with E-state index in [0.29, 0.717) is 45.7 Å². The Labute approximate surface area is 281 Å². The number of hydrogen-bond acceptors (Lipinski definition) is 6. The predicted molar refractivity (Wildman–Crippen MR) is 182 cm³/mol. The average Bonchev–Trinajstić information content (AvgIpc) is 3.46. The van der Waals surface area contributed by atoms with Crippen LogP contribution in [0.1, 0.15) is 34.3 Å². The first kappa shape index (κ1) is 34.4. The zero-order chi connectivity index (χ0) is 35.1. The van der Waals surface area contributed by atoms with E-state index < -0.39 is 40.9 Å². The average molecular weight is 680 g/mol. The van der Waals surface area contributed by atoms with Gasteiger partial charge in [0.15, 0.2) is 5.82 Å². The maximum Gasteiger partial charge on any atom is 0.471 e. The van der Waals surface area contributed by atoms with Crippen LogP contribution in [-0.4, -0.2) is 101 Å². The summed E-state index contributed by atoms with van der Waals surface area (Å²) in [5.41, 5.74) is 1.91. The lowest BCUT2D eigenvalue weighted by Gasteiger charge is -2.37. The second-order valence-electron chi connectivity index (χ2n) is 13.1. The van der Waals surface area contributed by atoms with Crippen LogP contribution in [0.4, 0.5) is 39.1 Å². The molecule has 2 aliphatic rings. The summed E-state index contributed by atoms with van der Waals surface area (Å²) in [5.74, 6) is -4.16. The lowest BCUT2D eigenvalue weighted by Crippen LogP contribution is -2.50. The van der Waals surface area contributed by atoms with E-state index in [1.807, 2.05) is 11.9 Å². The molecule has 0 unspecified atom stereocenters. The van der Waals surface area contributed by atoms with E-state index in [1.54, 1.807) is 40.0 Å². The van der Waals surface area contributed by atoms with Gasteiger partial charge in [0.05, 0.1) is 16.8 Å². The summed E-state index contributed by atoms with van der Waals surface area (Å²) in [6, 6.07) is 12.3. The van der Waals surface area contributed by atoms with E-state index >= 15 is 0 Å². The number of carbonyl (C=O) groups is 2. The van der Waals surface area contributed by atoms with Crippen molar-refractivity contribution in [3.63, 3.8) is 0 Å². The van der Waals surface area contributed by atoms with Crippen LogP contribution in [0.3, 0.4) is 0 Å². The lowest BCUT2D eigenvalue weighted by molar-refractivity contribution is -0.171. The third-order valence-electron chi connectivity index (χ3n) is 9.47. The summed E-state index contributed by atoms with van der Waals surface area (Å²) in [6.07, 6.45) is -4.86. The third-order valence-corrected chi connectivity index (χ3v) is 9.47. The first-order valence-corrected chi connectivity index (χ1v) is 16.0. The van der Waals surface area contributed by atoms with Crippen LogP contribution in [-0.2, 0) is 14.7 Å². The molecule has 4 aromatic rings. The molecule has 0 saturated carbocycles. The van der Waals surface area contributed by atoms with Crippen LogP contribution < -0.4 is 15.1 Å². The van der Waals surface area contributed by atoms with Gasteiger partial charge in [0, 0.05) is 62.6 Å². The standard InChI is InChI=1S/C33H35B2F5N6O3/c1-44-8-10-45(11-9-44)24-3-4-25(28(18-24)46(31(48)33(38,39)40)23-6-12-49-13-7-23)30(47)41-29-26-16-19(2-5-27(26)42-43-29)32(34,35)20-14-21(36)17-22(37)15-20/h2-5,14-18,23H,6-13,34-35H2,1H3,(H2,41,42,43,47). The number of likely N-dealkylation sites (N-methyl/N-ethyl adjacent to an activating group) is 1. The lowest BCUT2D eigenvalue weighted by atomic mass is 9.48. The van der Waals surface area contributed by atoms with Crippen molar-refractivity contribution in [1.82, 2.24) is 15.1 Å². The molecule has 6 rings (SSSR count). The molecule has 0 spiro atoms. The molecule has 9 nitrogen and oxygen atoms in total. The fourth-order valence-electron chi connectivity index (χ4n) is 6.48. The van der Waals surface area contributed by atoms with Crippen molar-refractivity contribution >= 4 is 55.6 Å². The smallest absolute Gasteiger partial charge is 0.381 e. The van der Waals surface area contributed by atoms with E-state index in [2.05, 4.69) is 20.4 Å². The van der Waals surface area contributed by atoms with Crippen molar-refractivity contribution < 1.29 is 36.3 Å². The summed E-state index contributed by atoms with van der Waals surface area (Å²) >= 11 is 0. The van der Waals surface area contributed by atoms with Gasteiger partial charge in [0.25, 0.3) is 5.91 Å². The van der Waals surface area contributed by atoms with Crippen LogP contribution in [0, 0.1) is 11.6 Å². The van der Waals surface area contributed by atoms with E-state index in [-0.39, 0.29) is 43.1 Å². The van der Waals surface area contributed by atoms with Gasteiger partial charge in [-0.2, -0.15) is 18.3 Å². The van der Waals surface area contributed by atoms with E-state index in [1.165, 1.54) is 24.3 Å². The number of piperazine rings is 1. The molecule has 0 radical (unpaired) electrons.